The highest BCUT2D eigenvalue weighted by atomic mass is 79.9. The van der Waals surface area contributed by atoms with Crippen LogP contribution in [0.2, 0.25) is 0 Å². The van der Waals surface area contributed by atoms with Crippen LogP contribution in [0.25, 0.3) is 0 Å². The fourth-order valence-corrected chi connectivity index (χ4v) is 2.58. The minimum Gasteiger partial charge on any atom is -0.483 e. The Morgan fingerprint density at radius 3 is 2.71 bits per heavy atom. The zero-order valence-electron chi connectivity index (χ0n) is 12.7. The predicted octanol–water partition coefficient (Wildman–Crippen LogP) is 2.95. The molecule has 1 amide bonds. The summed E-state index contributed by atoms with van der Waals surface area (Å²) >= 11 is 3.49. The second-order valence-corrected chi connectivity index (χ2v) is 6.18. The van der Waals surface area contributed by atoms with Crippen LogP contribution in [0.1, 0.15) is 32.3 Å². The summed E-state index contributed by atoms with van der Waals surface area (Å²) < 4.78 is 6.76. The fraction of sp³-hybridized carbons (Fsp3) is 0.562. The van der Waals surface area contributed by atoms with Crippen LogP contribution in [0.3, 0.4) is 0 Å². The van der Waals surface area contributed by atoms with Gasteiger partial charge in [-0.15, -0.1) is 0 Å². The molecule has 1 N–H and O–H groups in total. The number of hydrogen-bond donors (Lipinski definition) is 1. The SMILES string of the molecule is CCN(CC)C(=O)COc1ccc(Br)cc1CNC1CC1. The van der Waals surface area contributed by atoms with Crippen LogP contribution < -0.4 is 10.1 Å². The molecule has 0 aliphatic heterocycles. The highest BCUT2D eigenvalue weighted by Crippen LogP contribution is 2.25. The second-order valence-electron chi connectivity index (χ2n) is 5.26. The molecule has 0 aromatic heterocycles. The number of nitrogens with zero attached hydrogens (tertiary/aromatic N) is 1. The van der Waals surface area contributed by atoms with Gasteiger partial charge in [-0.05, 0) is 44.9 Å². The van der Waals surface area contributed by atoms with Gasteiger partial charge in [-0.3, -0.25) is 4.79 Å². The average molecular weight is 355 g/mol. The molecule has 2 rings (SSSR count). The predicted molar refractivity (Wildman–Crippen MR) is 87.4 cm³/mol. The van der Waals surface area contributed by atoms with Crippen molar-refractivity contribution in [3.8, 4) is 5.75 Å². The summed E-state index contributed by atoms with van der Waals surface area (Å²) in [6.45, 7) is 6.26. The Labute approximate surface area is 135 Å². The van der Waals surface area contributed by atoms with Gasteiger partial charge in [0.15, 0.2) is 6.61 Å². The summed E-state index contributed by atoms with van der Waals surface area (Å²) in [4.78, 5) is 13.8. The number of rotatable bonds is 8. The number of nitrogens with one attached hydrogen (secondary N) is 1. The van der Waals surface area contributed by atoms with Gasteiger partial charge in [-0.1, -0.05) is 15.9 Å². The summed E-state index contributed by atoms with van der Waals surface area (Å²) in [5, 5.41) is 3.48. The lowest BCUT2D eigenvalue weighted by molar-refractivity contribution is -0.132. The standard InChI is InChI=1S/C16H23BrN2O2/c1-3-19(4-2)16(20)11-21-15-8-5-13(17)9-12(15)10-18-14-6-7-14/h5,8-9,14,18H,3-4,6-7,10-11H2,1-2H3. The van der Waals surface area contributed by atoms with Crippen molar-refractivity contribution in [2.75, 3.05) is 19.7 Å². The maximum absolute atomic E-state index is 12.0. The van der Waals surface area contributed by atoms with Gasteiger partial charge >= 0.3 is 0 Å². The molecule has 5 heteroatoms. The molecule has 0 spiro atoms. The number of likely N-dealkylation sites (N-methyl/N-ethyl adjacent to an activating group) is 1. The van der Waals surface area contributed by atoms with E-state index >= 15 is 0 Å². The van der Waals surface area contributed by atoms with E-state index in [0.717, 1.165) is 35.4 Å². The third kappa shape index (κ3) is 5.00. The summed E-state index contributed by atoms with van der Waals surface area (Å²) in [7, 11) is 0. The van der Waals surface area contributed by atoms with Crippen molar-refractivity contribution in [2.45, 2.75) is 39.3 Å². The number of halogens is 1. The number of benzene rings is 1. The monoisotopic (exact) mass is 354 g/mol. The van der Waals surface area contributed by atoms with Gasteiger partial charge in [0, 0.05) is 35.7 Å². The van der Waals surface area contributed by atoms with Crippen molar-refractivity contribution in [3.63, 3.8) is 0 Å². The molecule has 1 aromatic carbocycles. The molecule has 1 fully saturated rings. The summed E-state index contributed by atoms with van der Waals surface area (Å²) in [6, 6.07) is 6.56. The normalized spacial score (nSPS) is 14.0. The van der Waals surface area contributed by atoms with Crippen LogP contribution in [0.15, 0.2) is 22.7 Å². The van der Waals surface area contributed by atoms with Crippen molar-refractivity contribution >= 4 is 21.8 Å². The first kappa shape index (κ1) is 16.3. The summed E-state index contributed by atoms with van der Waals surface area (Å²) in [6.07, 6.45) is 2.51. The quantitative estimate of drug-likeness (QED) is 0.780. The number of ether oxygens (including phenoxy) is 1. The second kappa shape index (κ2) is 7.80. The maximum Gasteiger partial charge on any atom is 0.260 e. The Morgan fingerprint density at radius 2 is 2.10 bits per heavy atom. The number of carbonyl (C=O) groups is 1. The van der Waals surface area contributed by atoms with E-state index in [1.165, 1.54) is 12.8 Å². The molecule has 0 bridgehead atoms. The van der Waals surface area contributed by atoms with Crippen molar-refractivity contribution in [2.24, 2.45) is 0 Å². The zero-order chi connectivity index (χ0) is 15.2. The lowest BCUT2D eigenvalue weighted by Gasteiger charge is -2.19. The molecular weight excluding hydrogens is 332 g/mol. The Morgan fingerprint density at radius 1 is 1.38 bits per heavy atom. The maximum atomic E-state index is 12.0. The molecule has 0 heterocycles. The largest absolute Gasteiger partial charge is 0.483 e. The first-order valence-electron chi connectivity index (χ1n) is 7.56. The van der Waals surface area contributed by atoms with Crippen LogP contribution in [-0.4, -0.2) is 36.5 Å². The molecule has 1 saturated carbocycles. The highest BCUT2D eigenvalue weighted by Gasteiger charge is 2.21. The fourth-order valence-electron chi connectivity index (χ4n) is 2.18. The van der Waals surface area contributed by atoms with Crippen LogP contribution in [0, 0.1) is 0 Å². The van der Waals surface area contributed by atoms with E-state index in [-0.39, 0.29) is 12.5 Å². The smallest absolute Gasteiger partial charge is 0.260 e. The lowest BCUT2D eigenvalue weighted by atomic mass is 10.2. The molecule has 4 nitrogen and oxygen atoms in total. The average Bonchev–Trinajstić information content (AvgIpc) is 3.29. The molecule has 1 aromatic rings. The Hall–Kier alpha value is -1.07. The number of hydrogen-bond acceptors (Lipinski definition) is 3. The van der Waals surface area contributed by atoms with E-state index in [4.69, 9.17) is 4.74 Å². The van der Waals surface area contributed by atoms with Crippen LogP contribution >= 0.6 is 15.9 Å². The van der Waals surface area contributed by atoms with Gasteiger partial charge in [0.25, 0.3) is 5.91 Å². The molecule has 0 saturated heterocycles. The zero-order valence-corrected chi connectivity index (χ0v) is 14.3. The summed E-state index contributed by atoms with van der Waals surface area (Å²) in [5.74, 6) is 0.816. The highest BCUT2D eigenvalue weighted by molar-refractivity contribution is 9.10. The molecule has 0 atom stereocenters. The molecule has 116 valence electrons. The van der Waals surface area contributed by atoms with Crippen LogP contribution in [0.4, 0.5) is 0 Å². The van der Waals surface area contributed by atoms with Crippen molar-refractivity contribution in [3.05, 3.63) is 28.2 Å². The Balaban J connectivity index is 1.95. The van der Waals surface area contributed by atoms with Gasteiger partial charge in [-0.25, -0.2) is 0 Å². The molecule has 0 unspecified atom stereocenters. The van der Waals surface area contributed by atoms with Crippen molar-refractivity contribution in [1.82, 2.24) is 10.2 Å². The van der Waals surface area contributed by atoms with E-state index in [1.807, 2.05) is 32.0 Å². The Bertz CT molecular complexity index is 485. The topological polar surface area (TPSA) is 41.6 Å². The third-order valence-electron chi connectivity index (χ3n) is 3.65. The van der Waals surface area contributed by atoms with Crippen LogP contribution in [0.5, 0.6) is 5.75 Å². The van der Waals surface area contributed by atoms with Gasteiger partial charge in [0.2, 0.25) is 0 Å². The third-order valence-corrected chi connectivity index (χ3v) is 4.14. The molecule has 1 aliphatic carbocycles. The summed E-state index contributed by atoms with van der Waals surface area (Å²) in [5.41, 5.74) is 1.09. The number of amides is 1. The van der Waals surface area contributed by atoms with Gasteiger partial charge in [0.1, 0.15) is 5.75 Å². The van der Waals surface area contributed by atoms with E-state index in [0.29, 0.717) is 6.04 Å². The molecule has 21 heavy (non-hydrogen) atoms. The molecular formula is C16H23BrN2O2. The minimum atomic E-state index is 0.0315. The number of carbonyl (C=O) groups excluding carboxylic acids is 1. The van der Waals surface area contributed by atoms with Crippen molar-refractivity contribution < 1.29 is 9.53 Å². The first-order chi connectivity index (χ1) is 10.1. The minimum absolute atomic E-state index is 0.0315. The lowest BCUT2D eigenvalue weighted by Crippen LogP contribution is -2.34. The van der Waals surface area contributed by atoms with E-state index in [9.17, 15) is 4.79 Å². The van der Waals surface area contributed by atoms with Crippen molar-refractivity contribution in [1.29, 1.82) is 0 Å². The molecule has 0 radical (unpaired) electrons. The first-order valence-corrected chi connectivity index (χ1v) is 8.35. The van der Waals surface area contributed by atoms with E-state index < -0.39 is 0 Å². The van der Waals surface area contributed by atoms with Crippen LogP contribution in [-0.2, 0) is 11.3 Å². The van der Waals surface area contributed by atoms with Gasteiger partial charge in [-0.2, -0.15) is 0 Å². The molecule has 1 aliphatic rings. The van der Waals surface area contributed by atoms with E-state index in [1.54, 1.807) is 4.90 Å². The van der Waals surface area contributed by atoms with Gasteiger partial charge in [0.05, 0.1) is 0 Å². The Kier molecular flexibility index (Phi) is 6.06. The van der Waals surface area contributed by atoms with E-state index in [2.05, 4.69) is 21.2 Å². The van der Waals surface area contributed by atoms with Gasteiger partial charge < -0.3 is 15.0 Å².